The number of carbonyl (C=O) groups is 3. The van der Waals surface area contributed by atoms with Crippen LogP contribution in [0.5, 0.6) is 0 Å². The number of amides is 2. The molecule has 7 heteroatoms. The summed E-state index contributed by atoms with van der Waals surface area (Å²) in [5, 5.41) is 17.9. The lowest BCUT2D eigenvalue weighted by atomic mass is 9.88. The van der Waals surface area contributed by atoms with Gasteiger partial charge in [0, 0.05) is 28.5 Å². The fraction of sp³-hybridized carbons (Fsp3) is 0.0588. The molecule has 2 amide bonds. The summed E-state index contributed by atoms with van der Waals surface area (Å²) in [5.74, 6) is -1.73. The molecule has 5 aromatic rings. The van der Waals surface area contributed by atoms with E-state index in [-0.39, 0.29) is 23.4 Å². The van der Waals surface area contributed by atoms with Crippen molar-refractivity contribution in [2.45, 2.75) is 12.5 Å². The summed E-state index contributed by atoms with van der Waals surface area (Å²) in [5.41, 5.74) is 4.96. The average molecular weight is 538 g/mol. The lowest BCUT2D eigenvalue weighted by Gasteiger charge is -2.27. The molecule has 0 spiro atoms. The fourth-order valence-electron chi connectivity index (χ4n) is 5.79. The van der Waals surface area contributed by atoms with Crippen molar-refractivity contribution in [3.8, 4) is 0 Å². The monoisotopic (exact) mass is 537 g/mol. The fourth-order valence-corrected chi connectivity index (χ4v) is 5.79. The van der Waals surface area contributed by atoms with Gasteiger partial charge in [0.25, 0.3) is 11.8 Å². The molecule has 7 rings (SSSR count). The molecule has 0 aromatic heterocycles. The van der Waals surface area contributed by atoms with Gasteiger partial charge >= 0.3 is 5.97 Å². The van der Waals surface area contributed by atoms with Gasteiger partial charge in [0.2, 0.25) is 0 Å². The first-order valence-corrected chi connectivity index (χ1v) is 13.3. The molecule has 0 fully saturated rings. The maximum atomic E-state index is 13.6. The Kier molecular flexibility index (Phi) is 5.71. The topological polar surface area (TPSA) is 90.3 Å². The number of aromatic carboxylic acids is 1. The molecule has 2 heterocycles. The third kappa shape index (κ3) is 3.98. The number of imide groups is 1. The molecular formula is C34H23N3O4. The van der Waals surface area contributed by atoms with Gasteiger partial charge in [-0.15, -0.1) is 0 Å². The van der Waals surface area contributed by atoms with E-state index in [1.54, 1.807) is 54.6 Å². The first-order valence-electron chi connectivity index (χ1n) is 13.3. The highest BCUT2D eigenvalue weighted by atomic mass is 16.4. The van der Waals surface area contributed by atoms with E-state index in [0.29, 0.717) is 34.3 Å². The Hall–Kier alpha value is -5.56. The smallest absolute Gasteiger partial charge is 0.335 e. The van der Waals surface area contributed by atoms with Gasteiger partial charge in [-0.3, -0.25) is 14.6 Å². The summed E-state index contributed by atoms with van der Waals surface area (Å²) in [6, 6.07) is 34.7. The second kappa shape index (κ2) is 9.57. The highest BCUT2D eigenvalue weighted by Gasteiger charge is 2.36. The SMILES string of the molecule is O=C(O)c1cccc(N2N=C(c3ccc4c5c(cccc35)C(=O)N(c3ccccc3)C4=O)C[C@H]2c2ccccc2)c1. The Balaban J connectivity index is 1.36. The summed E-state index contributed by atoms with van der Waals surface area (Å²) in [4.78, 5) is 40.2. The van der Waals surface area contributed by atoms with Gasteiger partial charge in [0.1, 0.15) is 0 Å². The van der Waals surface area contributed by atoms with Crippen LogP contribution in [0.2, 0.25) is 0 Å². The van der Waals surface area contributed by atoms with Crippen LogP contribution in [0.1, 0.15) is 54.7 Å². The summed E-state index contributed by atoms with van der Waals surface area (Å²) in [7, 11) is 0. The largest absolute Gasteiger partial charge is 0.478 e. The van der Waals surface area contributed by atoms with Crippen LogP contribution in [0, 0.1) is 0 Å². The van der Waals surface area contributed by atoms with E-state index in [9.17, 15) is 19.5 Å². The molecule has 7 nitrogen and oxygen atoms in total. The summed E-state index contributed by atoms with van der Waals surface area (Å²) in [6.45, 7) is 0. The molecule has 5 aromatic carbocycles. The van der Waals surface area contributed by atoms with E-state index in [1.165, 1.54) is 4.90 Å². The number of benzene rings is 5. The molecule has 1 N–H and O–H groups in total. The van der Waals surface area contributed by atoms with Crippen molar-refractivity contribution >= 4 is 45.6 Å². The third-order valence-corrected chi connectivity index (χ3v) is 7.69. The molecule has 0 bridgehead atoms. The predicted octanol–water partition coefficient (Wildman–Crippen LogP) is 6.69. The lowest BCUT2D eigenvalue weighted by molar-refractivity contribution is 0.0696. The number of para-hydroxylation sites is 1. The average Bonchev–Trinajstić information content (AvgIpc) is 3.46. The Morgan fingerprint density at radius 3 is 2.07 bits per heavy atom. The number of carbonyl (C=O) groups excluding carboxylic acids is 2. The van der Waals surface area contributed by atoms with Gasteiger partial charge < -0.3 is 5.11 Å². The van der Waals surface area contributed by atoms with E-state index in [2.05, 4.69) is 0 Å². The van der Waals surface area contributed by atoms with Gasteiger partial charge in [-0.2, -0.15) is 5.10 Å². The molecule has 2 aliphatic heterocycles. The number of carboxylic acids is 1. The number of anilines is 2. The minimum absolute atomic E-state index is 0.169. The van der Waals surface area contributed by atoms with Crippen molar-refractivity contribution in [2.24, 2.45) is 5.10 Å². The number of nitrogens with zero attached hydrogens (tertiary/aromatic N) is 3. The quantitative estimate of drug-likeness (QED) is 0.252. The second-order valence-electron chi connectivity index (χ2n) is 10.0. The van der Waals surface area contributed by atoms with Crippen molar-refractivity contribution in [2.75, 3.05) is 9.91 Å². The van der Waals surface area contributed by atoms with Crippen molar-refractivity contribution < 1.29 is 19.5 Å². The van der Waals surface area contributed by atoms with Crippen molar-refractivity contribution in [3.05, 3.63) is 143 Å². The van der Waals surface area contributed by atoms with Gasteiger partial charge in [0.15, 0.2) is 0 Å². The van der Waals surface area contributed by atoms with Crippen LogP contribution in [0.3, 0.4) is 0 Å². The van der Waals surface area contributed by atoms with Gasteiger partial charge in [-0.1, -0.05) is 72.8 Å². The molecule has 41 heavy (non-hydrogen) atoms. The number of hydrogen-bond donors (Lipinski definition) is 1. The zero-order valence-electron chi connectivity index (χ0n) is 21.8. The van der Waals surface area contributed by atoms with Crippen LogP contribution in [-0.2, 0) is 0 Å². The molecule has 198 valence electrons. The van der Waals surface area contributed by atoms with Crippen LogP contribution in [-0.4, -0.2) is 28.6 Å². The zero-order chi connectivity index (χ0) is 28.1. The van der Waals surface area contributed by atoms with Gasteiger partial charge in [0.05, 0.1) is 28.7 Å². The molecule has 0 saturated carbocycles. The van der Waals surface area contributed by atoms with Crippen LogP contribution < -0.4 is 9.91 Å². The maximum absolute atomic E-state index is 13.6. The molecule has 0 unspecified atom stereocenters. The number of carboxylic acid groups (broad SMARTS) is 1. The molecule has 0 saturated heterocycles. The molecule has 1 atom stereocenters. The normalized spacial score (nSPS) is 16.3. The molecule has 2 aliphatic rings. The first-order chi connectivity index (χ1) is 20.0. The highest BCUT2D eigenvalue weighted by molar-refractivity contribution is 6.36. The van der Waals surface area contributed by atoms with Gasteiger partial charge in [-0.25, -0.2) is 9.69 Å². The van der Waals surface area contributed by atoms with Crippen LogP contribution in [0.4, 0.5) is 11.4 Å². The van der Waals surface area contributed by atoms with E-state index in [1.807, 2.05) is 65.7 Å². The van der Waals surface area contributed by atoms with Crippen molar-refractivity contribution in [1.29, 1.82) is 0 Å². The first kappa shape index (κ1) is 24.5. The number of rotatable bonds is 5. The predicted molar refractivity (Wildman–Crippen MR) is 158 cm³/mol. The van der Waals surface area contributed by atoms with E-state index in [4.69, 9.17) is 5.10 Å². The maximum Gasteiger partial charge on any atom is 0.335 e. The summed E-state index contributed by atoms with van der Waals surface area (Å²) in [6.07, 6.45) is 0.554. The minimum atomic E-state index is -1.01. The Labute approximate surface area is 235 Å². The Bertz CT molecular complexity index is 1880. The number of hydrogen-bond acceptors (Lipinski definition) is 5. The third-order valence-electron chi connectivity index (χ3n) is 7.69. The van der Waals surface area contributed by atoms with Crippen molar-refractivity contribution in [3.63, 3.8) is 0 Å². The molecular weight excluding hydrogens is 514 g/mol. The zero-order valence-corrected chi connectivity index (χ0v) is 21.8. The second-order valence-corrected chi connectivity index (χ2v) is 10.0. The minimum Gasteiger partial charge on any atom is -0.478 e. The van der Waals surface area contributed by atoms with Crippen LogP contribution in [0.25, 0.3) is 10.8 Å². The summed E-state index contributed by atoms with van der Waals surface area (Å²) >= 11 is 0. The van der Waals surface area contributed by atoms with E-state index >= 15 is 0 Å². The Morgan fingerprint density at radius 2 is 1.34 bits per heavy atom. The molecule has 0 aliphatic carbocycles. The standard InChI is InChI=1S/C34H23N3O4/c38-32-27-16-8-15-26-25(17-18-28(31(26)27)33(39)36(32)23-12-5-2-6-13-23)29-20-30(21-9-3-1-4-10-21)37(35-29)24-14-7-11-22(19-24)34(40)41/h1-19,30H,20H2,(H,40,41)/t30-/m0/s1. The van der Waals surface area contributed by atoms with Crippen LogP contribution in [0.15, 0.2) is 120 Å². The van der Waals surface area contributed by atoms with Crippen LogP contribution >= 0.6 is 0 Å². The lowest BCUT2D eigenvalue weighted by Crippen LogP contribution is -2.40. The summed E-state index contributed by atoms with van der Waals surface area (Å²) < 4.78 is 0. The highest BCUT2D eigenvalue weighted by Crippen LogP contribution is 2.40. The molecule has 0 radical (unpaired) electrons. The number of hydrazone groups is 1. The van der Waals surface area contributed by atoms with Crippen molar-refractivity contribution in [1.82, 2.24) is 0 Å². The van der Waals surface area contributed by atoms with E-state index in [0.717, 1.165) is 22.2 Å². The van der Waals surface area contributed by atoms with Gasteiger partial charge in [-0.05, 0) is 53.4 Å². The van der Waals surface area contributed by atoms with E-state index < -0.39 is 5.97 Å². The Morgan fingerprint density at radius 1 is 0.707 bits per heavy atom.